The standard InChI is InChI=1S/C10H12ClNO4S/c11-9-3-1-8(2-4-9)5-6-12-17(15,16)7-10(13)14/h1-4,12H,5-7H2,(H,13,14). The molecule has 0 aliphatic carbocycles. The van der Waals surface area contributed by atoms with Crippen LogP contribution in [0.4, 0.5) is 0 Å². The zero-order valence-corrected chi connectivity index (χ0v) is 10.5. The van der Waals surface area contributed by atoms with Crippen LogP contribution in [-0.4, -0.2) is 31.8 Å². The number of sulfonamides is 1. The number of hydrogen-bond donors (Lipinski definition) is 2. The van der Waals surface area contributed by atoms with Crippen LogP contribution >= 0.6 is 11.6 Å². The Labute approximate surface area is 104 Å². The molecule has 5 nitrogen and oxygen atoms in total. The summed E-state index contributed by atoms with van der Waals surface area (Å²) in [5.41, 5.74) is 0.924. The maximum absolute atomic E-state index is 11.2. The van der Waals surface area contributed by atoms with Crippen molar-refractivity contribution in [3.05, 3.63) is 34.9 Å². The summed E-state index contributed by atoms with van der Waals surface area (Å²) in [7, 11) is -3.73. The number of carbonyl (C=O) groups is 1. The molecule has 1 rings (SSSR count). The van der Waals surface area contributed by atoms with Crippen molar-refractivity contribution >= 4 is 27.6 Å². The second-order valence-electron chi connectivity index (χ2n) is 3.42. The van der Waals surface area contributed by atoms with Gasteiger partial charge in [-0.05, 0) is 24.1 Å². The molecule has 1 aromatic rings. The Morgan fingerprint density at radius 3 is 2.41 bits per heavy atom. The number of halogens is 1. The van der Waals surface area contributed by atoms with Gasteiger partial charge < -0.3 is 5.11 Å². The van der Waals surface area contributed by atoms with E-state index in [-0.39, 0.29) is 6.54 Å². The van der Waals surface area contributed by atoms with Gasteiger partial charge in [-0.25, -0.2) is 13.1 Å². The highest BCUT2D eigenvalue weighted by Gasteiger charge is 2.14. The van der Waals surface area contributed by atoms with Gasteiger partial charge in [-0.3, -0.25) is 4.79 Å². The molecular formula is C10H12ClNO4S. The van der Waals surface area contributed by atoms with Crippen LogP contribution < -0.4 is 4.72 Å². The molecule has 0 unspecified atom stereocenters. The first-order valence-electron chi connectivity index (χ1n) is 4.82. The molecule has 0 fully saturated rings. The largest absolute Gasteiger partial charge is 0.480 e. The summed E-state index contributed by atoms with van der Waals surface area (Å²) in [6, 6.07) is 6.99. The van der Waals surface area contributed by atoms with E-state index in [4.69, 9.17) is 16.7 Å². The minimum absolute atomic E-state index is 0.164. The zero-order chi connectivity index (χ0) is 12.9. The lowest BCUT2D eigenvalue weighted by atomic mass is 10.2. The van der Waals surface area contributed by atoms with Gasteiger partial charge in [-0.15, -0.1) is 0 Å². The lowest BCUT2D eigenvalue weighted by Gasteiger charge is -2.04. The average Bonchev–Trinajstić information content (AvgIpc) is 2.18. The normalized spacial score (nSPS) is 11.4. The van der Waals surface area contributed by atoms with Crippen molar-refractivity contribution in [2.75, 3.05) is 12.3 Å². The molecule has 0 bridgehead atoms. The van der Waals surface area contributed by atoms with Crippen molar-refractivity contribution in [3.63, 3.8) is 0 Å². The Kier molecular flexibility index (Phi) is 4.92. The molecule has 0 heterocycles. The maximum Gasteiger partial charge on any atom is 0.320 e. The van der Waals surface area contributed by atoms with Gasteiger partial charge in [0.25, 0.3) is 0 Å². The minimum Gasteiger partial charge on any atom is -0.480 e. The van der Waals surface area contributed by atoms with Crippen LogP contribution in [0.5, 0.6) is 0 Å². The quantitative estimate of drug-likeness (QED) is 0.809. The summed E-state index contributed by atoms with van der Waals surface area (Å²) in [6.07, 6.45) is 0.482. The van der Waals surface area contributed by atoms with E-state index in [9.17, 15) is 13.2 Å². The molecule has 1 aromatic carbocycles. The number of hydrogen-bond acceptors (Lipinski definition) is 3. The molecule has 0 amide bonds. The van der Waals surface area contributed by atoms with Gasteiger partial charge in [0.05, 0.1) is 0 Å². The summed E-state index contributed by atoms with van der Waals surface area (Å²) in [6.45, 7) is 0.164. The van der Waals surface area contributed by atoms with Gasteiger partial charge in [0.2, 0.25) is 10.0 Å². The average molecular weight is 278 g/mol. The Bertz CT molecular complexity index is 484. The molecule has 17 heavy (non-hydrogen) atoms. The van der Waals surface area contributed by atoms with Gasteiger partial charge in [0.1, 0.15) is 0 Å². The van der Waals surface area contributed by atoms with Crippen LogP contribution in [-0.2, 0) is 21.2 Å². The lowest BCUT2D eigenvalue weighted by molar-refractivity contribution is -0.134. The van der Waals surface area contributed by atoms with E-state index in [1.54, 1.807) is 24.3 Å². The summed E-state index contributed by atoms with van der Waals surface area (Å²) >= 11 is 5.70. The third-order valence-corrected chi connectivity index (χ3v) is 3.49. The molecule has 94 valence electrons. The van der Waals surface area contributed by atoms with Crippen LogP contribution in [0.25, 0.3) is 0 Å². The molecule has 0 spiro atoms. The number of nitrogens with one attached hydrogen (secondary N) is 1. The van der Waals surface area contributed by atoms with E-state index >= 15 is 0 Å². The molecule has 7 heteroatoms. The third-order valence-electron chi connectivity index (χ3n) is 1.96. The van der Waals surface area contributed by atoms with Crippen molar-refractivity contribution in [2.24, 2.45) is 0 Å². The Hall–Kier alpha value is -1.11. The highest BCUT2D eigenvalue weighted by atomic mass is 35.5. The second-order valence-corrected chi connectivity index (χ2v) is 5.67. The smallest absolute Gasteiger partial charge is 0.320 e. The second kappa shape index (κ2) is 6.00. The lowest BCUT2D eigenvalue weighted by Crippen LogP contribution is -2.31. The molecule has 0 aliphatic rings. The molecule has 0 aliphatic heterocycles. The predicted octanol–water partition coefficient (Wildman–Crippen LogP) is 0.887. The van der Waals surface area contributed by atoms with E-state index in [2.05, 4.69) is 4.72 Å². The van der Waals surface area contributed by atoms with Crippen LogP contribution in [0, 0.1) is 0 Å². The molecule has 0 aromatic heterocycles. The molecule has 2 N–H and O–H groups in total. The van der Waals surface area contributed by atoms with E-state index in [1.165, 1.54) is 0 Å². The highest BCUT2D eigenvalue weighted by molar-refractivity contribution is 7.90. The van der Waals surface area contributed by atoms with Gasteiger partial charge in [-0.2, -0.15) is 0 Å². The van der Waals surface area contributed by atoms with Crippen LogP contribution in [0.1, 0.15) is 5.56 Å². The minimum atomic E-state index is -3.73. The third kappa shape index (κ3) is 5.67. The fourth-order valence-electron chi connectivity index (χ4n) is 1.22. The Morgan fingerprint density at radius 1 is 1.29 bits per heavy atom. The summed E-state index contributed by atoms with van der Waals surface area (Å²) in [5.74, 6) is -2.28. The first kappa shape index (κ1) is 14.0. The van der Waals surface area contributed by atoms with Crippen molar-refractivity contribution in [3.8, 4) is 0 Å². The van der Waals surface area contributed by atoms with Crippen molar-refractivity contribution in [1.82, 2.24) is 4.72 Å². The highest BCUT2D eigenvalue weighted by Crippen LogP contribution is 2.09. The van der Waals surface area contributed by atoms with Crippen LogP contribution in [0.15, 0.2) is 24.3 Å². The monoisotopic (exact) mass is 277 g/mol. The van der Waals surface area contributed by atoms with Gasteiger partial charge >= 0.3 is 5.97 Å². The SMILES string of the molecule is O=C(O)CS(=O)(=O)NCCc1ccc(Cl)cc1. The number of carboxylic acids is 1. The Balaban J connectivity index is 2.42. The van der Waals surface area contributed by atoms with E-state index < -0.39 is 21.7 Å². The molecule has 0 radical (unpaired) electrons. The van der Waals surface area contributed by atoms with Crippen molar-refractivity contribution in [2.45, 2.75) is 6.42 Å². The zero-order valence-electron chi connectivity index (χ0n) is 8.89. The fraction of sp³-hybridized carbons (Fsp3) is 0.300. The number of aliphatic carboxylic acids is 1. The molecular weight excluding hydrogens is 266 g/mol. The Morgan fingerprint density at radius 2 is 1.88 bits per heavy atom. The van der Waals surface area contributed by atoms with Crippen LogP contribution in [0.3, 0.4) is 0 Å². The molecule has 0 saturated carbocycles. The molecule has 0 saturated heterocycles. The van der Waals surface area contributed by atoms with Crippen molar-refractivity contribution < 1.29 is 18.3 Å². The van der Waals surface area contributed by atoms with Crippen LogP contribution in [0.2, 0.25) is 5.02 Å². The summed E-state index contributed by atoms with van der Waals surface area (Å²) in [4.78, 5) is 10.3. The summed E-state index contributed by atoms with van der Waals surface area (Å²) < 4.78 is 24.6. The number of rotatable bonds is 6. The number of carboxylic acid groups (broad SMARTS) is 1. The first-order chi connectivity index (χ1) is 7.89. The van der Waals surface area contributed by atoms with Gasteiger partial charge in [0.15, 0.2) is 5.75 Å². The fourth-order valence-corrected chi connectivity index (χ4v) is 2.18. The molecule has 0 atom stereocenters. The van der Waals surface area contributed by atoms with E-state index in [1.807, 2.05) is 0 Å². The summed E-state index contributed by atoms with van der Waals surface area (Å²) in [5, 5.41) is 8.97. The first-order valence-corrected chi connectivity index (χ1v) is 6.86. The topological polar surface area (TPSA) is 83.5 Å². The maximum atomic E-state index is 11.2. The number of benzene rings is 1. The predicted molar refractivity (Wildman–Crippen MR) is 64.6 cm³/mol. The van der Waals surface area contributed by atoms with Gasteiger partial charge in [0, 0.05) is 11.6 Å². The van der Waals surface area contributed by atoms with E-state index in [0.717, 1.165) is 5.56 Å². The van der Waals surface area contributed by atoms with Gasteiger partial charge in [-0.1, -0.05) is 23.7 Å². The van der Waals surface area contributed by atoms with E-state index in [0.29, 0.717) is 11.4 Å². The van der Waals surface area contributed by atoms with Crippen molar-refractivity contribution in [1.29, 1.82) is 0 Å².